The molecule has 128 valence electrons. The van der Waals surface area contributed by atoms with Crippen molar-refractivity contribution in [3.05, 3.63) is 11.7 Å². The minimum absolute atomic E-state index is 0.0196. The number of amides is 1. The summed E-state index contributed by atoms with van der Waals surface area (Å²) in [6, 6.07) is 0. The summed E-state index contributed by atoms with van der Waals surface area (Å²) in [7, 11) is -3.12. The molecule has 1 aromatic heterocycles. The molecule has 2 fully saturated rings. The molecule has 9 heteroatoms. The predicted octanol–water partition coefficient (Wildman–Crippen LogP) is -0.171. The number of hydrogen-bond donors (Lipinski definition) is 0. The summed E-state index contributed by atoms with van der Waals surface area (Å²) in [6.45, 7) is 3.54. The molecule has 0 bridgehead atoms. The van der Waals surface area contributed by atoms with E-state index in [4.69, 9.17) is 9.26 Å². The molecule has 2 aliphatic rings. The molecule has 0 N–H and O–H groups in total. The van der Waals surface area contributed by atoms with Gasteiger partial charge in [-0.15, -0.1) is 0 Å². The highest BCUT2D eigenvalue weighted by molar-refractivity contribution is 7.90. The largest absolute Gasteiger partial charge is 0.376 e. The van der Waals surface area contributed by atoms with Gasteiger partial charge in [0.25, 0.3) is 0 Å². The van der Waals surface area contributed by atoms with Crippen molar-refractivity contribution in [3.8, 4) is 0 Å². The number of aryl methyl sites for hydroxylation is 1. The van der Waals surface area contributed by atoms with E-state index in [2.05, 4.69) is 10.1 Å². The van der Waals surface area contributed by atoms with Crippen LogP contribution < -0.4 is 0 Å². The molecular weight excluding hydrogens is 322 g/mol. The highest BCUT2D eigenvalue weighted by Gasteiger charge is 2.45. The Morgan fingerprint density at radius 3 is 2.83 bits per heavy atom. The van der Waals surface area contributed by atoms with Crippen molar-refractivity contribution in [2.75, 3.05) is 31.7 Å². The van der Waals surface area contributed by atoms with Gasteiger partial charge in [-0.3, -0.25) is 4.79 Å². The van der Waals surface area contributed by atoms with Gasteiger partial charge in [-0.05, 0) is 12.8 Å². The molecule has 0 aromatic carbocycles. The van der Waals surface area contributed by atoms with Gasteiger partial charge in [0.15, 0.2) is 5.82 Å². The van der Waals surface area contributed by atoms with Crippen LogP contribution in [-0.2, 0) is 25.8 Å². The number of carbonyl (C=O) groups excluding carboxylic acids is 1. The lowest BCUT2D eigenvalue weighted by Crippen LogP contribution is -2.32. The fourth-order valence-electron chi connectivity index (χ4n) is 3.29. The van der Waals surface area contributed by atoms with Gasteiger partial charge in [-0.2, -0.15) is 4.98 Å². The molecule has 1 aromatic rings. The summed E-state index contributed by atoms with van der Waals surface area (Å²) >= 11 is 0. The number of carbonyl (C=O) groups is 1. The molecule has 3 atom stereocenters. The second-order valence-electron chi connectivity index (χ2n) is 6.41. The summed E-state index contributed by atoms with van der Waals surface area (Å²) in [5.41, 5.74) is 0. The Labute approximate surface area is 135 Å². The van der Waals surface area contributed by atoms with Gasteiger partial charge in [-0.25, -0.2) is 8.42 Å². The van der Waals surface area contributed by atoms with E-state index in [9.17, 15) is 13.2 Å². The molecule has 2 aliphatic heterocycles. The molecular formula is C14H21N3O5S. The van der Waals surface area contributed by atoms with Crippen LogP contribution in [-0.4, -0.2) is 67.2 Å². The predicted molar refractivity (Wildman–Crippen MR) is 80.4 cm³/mol. The minimum atomic E-state index is -3.12. The zero-order valence-corrected chi connectivity index (χ0v) is 14.1. The van der Waals surface area contributed by atoms with Crippen molar-refractivity contribution in [1.29, 1.82) is 0 Å². The molecule has 8 nitrogen and oxygen atoms in total. The maximum absolute atomic E-state index is 12.2. The number of likely N-dealkylation sites (tertiary alicyclic amines) is 1. The van der Waals surface area contributed by atoms with Crippen LogP contribution in [0.3, 0.4) is 0 Å². The first kappa shape index (κ1) is 16.4. The first-order valence-electron chi connectivity index (χ1n) is 7.68. The quantitative estimate of drug-likeness (QED) is 0.731. The maximum Gasteiger partial charge on any atom is 0.227 e. The Morgan fingerprint density at radius 1 is 1.39 bits per heavy atom. The van der Waals surface area contributed by atoms with Crippen LogP contribution in [0.4, 0.5) is 0 Å². The molecule has 0 unspecified atom stereocenters. The second kappa shape index (κ2) is 6.20. The molecule has 23 heavy (non-hydrogen) atoms. The van der Waals surface area contributed by atoms with Crippen LogP contribution in [0.2, 0.25) is 0 Å². The van der Waals surface area contributed by atoms with Crippen molar-refractivity contribution in [2.45, 2.75) is 25.9 Å². The number of aromatic nitrogens is 2. The SMILES string of the molecule is Cc1noc(C[C@H]2CO[C@@H]3CN(C(=O)CCS(C)(=O)=O)C[C@H]23)n1. The average Bonchev–Trinajstić information content (AvgIpc) is 3.13. The lowest BCUT2D eigenvalue weighted by molar-refractivity contribution is -0.130. The fraction of sp³-hybridized carbons (Fsp3) is 0.786. The summed E-state index contributed by atoms with van der Waals surface area (Å²) in [6.07, 6.45) is 1.84. The maximum atomic E-state index is 12.2. The van der Waals surface area contributed by atoms with Gasteiger partial charge in [0, 0.05) is 38.1 Å². The zero-order valence-electron chi connectivity index (χ0n) is 13.3. The number of hydrogen-bond acceptors (Lipinski definition) is 7. The number of nitrogens with zero attached hydrogens (tertiary/aromatic N) is 3. The Bertz CT molecular complexity index is 686. The van der Waals surface area contributed by atoms with Crippen molar-refractivity contribution < 1.29 is 22.5 Å². The van der Waals surface area contributed by atoms with Gasteiger partial charge in [0.05, 0.1) is 18.5 Å². The van der Waals surface area contributed by atoms with Crippen LogP contribution in [0, 0.1) is 18.8 Å². The van der Waals surface area contributed by atoms with E-state index >= 15 is 0 Å². The van der Waals surface area contributed by atoms with E-state index in [0.29, 0.717) is 37.8 Å². The van der Waals surface area contributed by atoms with E-state index < -0.39 is 9.84 Å². The Kier molecular flexibility index (Phi) is 4.41. The third kappa shape index (κ3) is 3.89. The van der Waals surface area contributed by atoms with Gasteiger partial charge in [0.1, 0.15) is 9.84 Å². The zero-order chi connectivity index (χ0) is 16.6. The molecule has 0 spiro atoms. The van der Waals surface area contributed by atoms with Crippen LogP contribution in [0.1, 0.15) is 18.1 Å². The summed E-state index contributed by atoms with van der Waals surface area (Å²) < 4.78 is 33.3. The first-order valence-corrected chi connectivity index (χ1v) is 9.74. The minimum Gasteiger partial charge on any atom is -0.376 e. The highest BCUT2D eigenvalue weighted by atomic mass is 32.2. The smallest absolute Gasteiger partial charge is 0.227 e. The summed E-state index contributed by atoms with van der Waals surface area (Å²) in [5, 5.41) is 3.79. The van der Waals surface area contributed by atoms with Crippen molar-refractivity contribution in [1.82, 2.24) is 15.0 Å². The molecule has 3 heterocycles. The summed E-state index contributed by atoms with van der Waals surface area (Å²) in [4.78, 5) is 18.1. The monoisotopic (exact) mass is 343 g/mol. The van der Waals surface area contributed by atoms with Gasteiger partial charge in [0.2, 0.25) is 11.8 Å². The number of rotatable bonds is 5. The lowest BCUT2D eigenvalue weighted by Gasteiger charge is -2.19. The Hall–Kier alpha value is -1.48. The van der Waals surface area contributed by atoms with E-state index in [0.717, 1.165) is 6.26 Å². The molecule has 2 saturated heterocycles. The number of sulfone groups is 1. The highest BCUT2D eigenvalue weighted by Crippen LogP contribution is 2.35. The van der Waals surface area contributed by atoms with Gasteiger partial charge < -0.3 is 14.2 Å². The molecule has 1 amide bonds. The number of ether oxygens (including phenoxy) is 1. The van der Waals surface area contributed by atoms with Gasteiger partial charge in [-0.1, -0.05) is 5.16 Å². The standard InChI is InChI=1S/C14H21N3O5S/c1-9-15-13(22-16-9)5-10-8-21-12-7-17(6-11(10)12)14(18)3-4-23(2,19)20/h10-12H,3-8H2,1-2H3/t10-,11+,12+/m0/s1. The van der Waals surface area contributed by atoms with Crippen LogP contribution in [0.25, 0.3) is 0 Å². The second-order valence-corrected chi connectivity index (χ2v) is 8.67. The first-order chi connectivity index (χ1) is 10.8. The average molecular weight is 343 g/mol. The van der Waals surface area contributed by atoms with Crippen LogP contribution >= 0.6 is 0 Å². The van der Waals surface area contributed by atoms with E-state index in [-0.39, 0.29) is 36.0 Å². The molecule has 0 aliphatic carbocycles. The van der Waals surface area contributed by atoms with Crippen molar-refractivity contribution in [2.24, 2.45) is 11.8 Å². The molecule has 3 rings (SSSR count). The van der Waals surface area contributed by atoms with E-state index in [1.165, 1.54) is 0 Å². The Balaban J connectivity index is 1.56. The normalized spacial score (nSPS) is 27.4. The van der Waals surface area contributed by atoms with E-state index in [1.807, 2.05) is 0 Å². The van der Waals surface area contributed by atoms with Gasteiger partial charge >= 0.3 is 0 Å². The van der Waals surface area contributed by atoms with Crippen molar-refractivity contribution in [3.63, 3.8) is 0 Å². The third-order valence-corrected chi connectivity index (χ3v) is 5.43. The Morgan fingerprint density at radius 2 is 2.17 bits per heavy atom. The third-order valence-electron chi connectivity index (χ3n) is 4.48. The van der Waals surface area contributed by atoms with E-state index in [1.54, 1.807) is 11.8 Å². The fourth-order valence-corrected chi connectivity index (χ4v) is 3.84. The lowest BCUT2D eigenvalue weighted by atomic mass is 9.90. The van der Waals surface area contributed by atoms with Crippen molar-refractivity contribution >= 4 is 15.7 Å². The number of fused-ring (bicyclic) bond motifs is 1. The summed E-state index contributed by atoms with van der Waals surface area (Å²) in [5.74, 6) is 1.46. The topological polar surface area (TPSA) is 103 Å². The van der Waals surface area contributed by atoms with Crippen LogP contribution in [0.15, 0.2) is 4.52 Å². The van der Waals surface area contributed by atoms with Crippen LogP contribution in [0.5, 0.6) is 0 Å². The molecule has 0 saturated carbocycles. The molecule has 0 radical (unpaired) electrons.